The van der Waals surface area contributed by atoms with Crippen LogP contribution in [0.1, 0.15) is 39.5 Å². The molecular formula is C15H31N3O. The molecule has 4 heteroatoms. The summed E-state index contributed by atoms with van der Waals surface area (Å²) in [6.07, 6.45) is 4.98. The van der Waals surface area contributed by atoms with Crippen molar-refractivity contribution in [3.05, 3.63) is 0 Å². The highest BCUT2D eigenvalue weighted by atomic mass is 16.3. The molecule has 0 aliphatic carbocycles. The number of aliphatic hydroxyl groups excluding tert-OH is 1. The number of piperazine rings is 1. The molecule has 2 N–H and O–H groups in total. The topological polar surface area (TPSA) is 38.7 Å². The lowest BCUT2D eigenvalue weighted by Crippen LogP contribution is -2.60. The second-order valence-electron chi connectivity index (χ2n) is 6.31. The zero-order valence-corrected chi connectivity index (χ0v) is 12.6. The first-order valence-corrected chi connectivity index (χ1v) is 8.07. The molecule has 0 amide bonds. The second kappa shape index (κ2) is 7.58. The van der Waals surface area contributed by atoms with Gasteiger partial charge in [0, 0.05) is 38.3 Å². The maximum absolute atomic E-state index is 10.1. The molecule has 0 saturated carbocycles. The van der Waals surface area contributed by atoms with Gasteiger partial charge in [0.2, 0.25) is 0 Å². The summed E-state index contributed by atoms with van der Waals surface area (Å²) in [4.78, 5) is 5.15. The largest absolute Gasteiger partial charge is 0.390 e. The molecular weight excluding hydrogens is 238 g/mol. The van der Waals surface area contributed by atoms with E-state index in [2.05, 4.69) is 29.0 Å². The molecule has 2 heterocycles. The van der Waals surface area contributed by atoms with Crippen molar-refractivity contribution in [2.24, 2.45) is 0 Å². The summed E-state index contributed by atoms with van der Waals surface area (Å²) in [7, 11) is 0. The molecule has 112 valence electrons. The predicted molar refractivity (Wildman–Crippen MR) is 79.4 cm³/mol. The standard InChI is InChI=1S/C15H31N3O/c1-3-7-16-9-15(19)12-18-11-14-6-4-5-8-17(14)10-13(18)2/h13-16,19H,3-12H2,1-2H3. The van der Waals surface area contributed by atoms with Crippen LogP contribution in [0, 0.1) is 0 Å². The maximum atomic E-state index is 10.1. The van der Waals surface area contributed by atoms with Gasteiger partial charge in [-0.15, -0.1) is 0 Å². The molecule has 2 saturated heterocycles. The van der Waals surface area contributed by atoms with Gasteiger partial charge >= 0.3 is 0 Å². The summed E-state index contributed by atoms with van der Waals surface area (Å²) >= 11 is 0. The second-order valence-corrected chi connectivity index (χ2v) is 6.31. The van der Waals surface area contributed by atoms with E-state index in [1.807, 2.05) is 0 Å². The third-order valence-electron chi connectivity index (χ3n) is 4.57. The maximum Gasteiger partial charge on any atom is 0.0791 e. The van der Waals surface area contributed by atoms with Crippen LogP contribution >= 0.6 is 0 Å². The lowest BCUT2D eigenvalue weighted by atomic mass is 9.97. The molecule has 0 radical (unpaired) electrons. The number of aliphatic hydroxyl groups is 1. The normalized spacial score (nSPS) is 31.1. The minimum atomic E-state index is -0.232. The van der Waals surface area contributed by atoms with Gasteiger partial charge in [0.25, 0.3) is 0 Å². The van der Waals surface area contributed by atoms with Crippen molar-refractivity contribution in [3.63, 3.8) is 0 Å². The van der Waals surface area contributed by atoms with Crippen LogP contribution in [0.2, 0.25) is 0 Å². The van der Waals surface area contributed by atoms with Crippen LogP contribution in [-0.4, -0.2) is 72.4 Å². The first-order chi connectivity index (χ1) is 9.20. The Labute approximate surface area is 118 Å². The fraction of sp³-hybridized carbons (Fsp3) is 1.00. The highest BCUT2D eigenvalue weighted by molar-refractivity contribution is 4.89. The van der Waals surface area contributed by atoms with Crippen LogP contribution in [0.25, 0.3) is 0 Å². The Hall–Kier alpha value is -0.160. The molecule has 0 aromatic carbocycles. The first kappa shape index (κ1) is 15.2. The van der Waals surface area contributed by atoms with Gasteiger partial charge in [0.05, 0.1) is 6.10 Å². The fourth-order valence-electron chi connectivity index (χ4n) is 3.45. The average molecular weight is 269 g/mol. The summed E-state index contributed by atoms with van der Waals surface area (Å²) in [5, 5.41) is 13.4. The molecule has 0 aromatic heterocycles. The Morgan fingerprint density at radius 1 is 1.32 bits per heavy atom. The number of β-amino-alcohol motifs (C(OH)–C–C–N with tert-alkyl or cyclic N) is 1. The van der Waals surface area contributed by atoms with Crippen molar-refractivity contribution in [2.75, 3.05) is 39.3 Å². The molecule has 4 nitrogen and oxygen atoms in total. The monoisotopic (exact) mass is 269 g/mol. The Morgan fingerprint density at radius 3 is 2.95 bits per heavy atom. The highest BCUT2D eigenvalue weighted by Crippen LogP contribution is 2.23. The number of fused-ring (bicyclic) bond motifs is 1. The number of hydrogen-bond acceptors (Lipinski definition) is 4. The number of nitrogens with zero attached hydrogens (tertiary/aromatic N) is 2. The van der Waals surface area contributed by atoms with Crippen LogP contribution in [-0.2, 0) is 0 Å². The SMILES string of the molecule is CCCNCC(O)CN1CC2CCCCN2CC1C. The lowest BCUT2D eigenvalue weighted by Gasteiger charge is -2.48. The molecule has 2 fully saturated rings. The summed E-state index contributed by atoms with van der Waals surface area (Å²) in [5.74, 6) is 0. The van der Waals surface area contributed by atoms with Crippen molar-refractivity contribution < 1.29 is 5.11 Å². The van der Waals surface area contributed by atoms with Gasteiger partial charge in [-0.1, -0.05) is 13.3 Å². The minimum Gasteiger partial charge on any atom is -0.390 e. The molecule has 2 aliphatic heterocycles. The van der Waals surface area contributed by atoms with Crippen molar-refractivity contribution in [3.8, 4) is 0 Å². The molecule has 3 atom stereocenters. The van der Waals surface area contributed by atoms with Crippen molar-refractivity contribution in [2.45, 2.75) is 57.7 Å². The van der Waals surface area contributed by atoms with Crippen LogP contribution in [0.3, 0.4) is 0 Å². The Balaban J connectivity index is 1.76. The number of rotatable bonds is 6. The molecule has 19 heavy (non-hydrogen) atoms. The van der Waals surface area contributed by atoms with Crippen LogP contribution in [0.15, 0.2) is 0 Å². The van der Waals surface area contributed by atoms with E-state index >= 15 is 0 Å². The summed E-state index contributed by atoms with van der Waals surface area (Å²) in [5.41, 5.74) is 0. The zero-order chi connectivity index (χ0) is 13.7. The van der Waals surface area contributed by atoms with Gasteiger partial charge in [0.15, 0.2) is 0 Å². The average Bonchev–Trinajstić information content (AvgIpc) is 2.40. The Morgan fingerprint density at radius 2 is 2.16 bits per heavy atom. The number of nitrogens with one attached hydrogen (secondary N) is 1. The zero-order valence-electron chi connectivity index (χ0n) is 12.6. The quantitative estimate of drug-likeness (QED) is 0.703. The van der Waals surface area contributed by atoms with Crippen LogP contribution in [0.4, 0.5) is 0 Å². The van der Waals surface area contributed by atoms with Gasteiger partial charge in [-0.25, -0.2) is 0 Å². The van der Waals surface area contributed by atoms with Crippen LogP contribution < -0.4 is 5.32 Å². The number of hydrogen-bond donors (Lipinski definition) is 2. The molecule has 0 spiro atoms. The van der Waals surface area contributed by atoms with Gasteiger partial charge in [-0.05, 0) is 39.3 Å². The van der Waals surface area contributed by atoms with Gasteiger partial charge in [0.1, 0.15) is 0 Å². The van der Waals surface area contributed by atoms with Crippen molar-refractivity contribution >= 4 is 0 Å². The van der Waals surface area contributed by atoms with E-state index in [0.717, 1.165) is 38.6 Å². The van der Waals surface area contributed by atoms with E-state index in [0.29, 0.717) is 6.04 Å². The molecule has 3 unspecified atom stereocenters. The fourth-order valence-corrected chi connectivity index (χ4v) is 3.45. The number of piperidine rings is 1. The smallest absolute Gasteiger partial charge is 0.0791 e. The van der Waals surface area contributed by atoms with E-state index in [9.17, 15) is 5.11 Å². The molecule has 2 aliphatic rings. The van der Waals surface area contributed by atoms with E-state index in [1.165, 1.54) is 32.4 Å². The summed E-state index contributed by atoms with van der Waals surface area (Å²) in [6.45, 7) is 10.6. The van der Waals surface area contributed by atoms with Gasteiger partial charge in [-0.3, -0.25) is 9.80 Å². The minimum absolute atomic E-state index is 0.232. The Kier molecular flexibility index (Phi) is 6.07. The molecule has 0 aromatic rings. The first-order valence-electron chi connectivity index (χ1n) is 8.07. The predicted octanol–water partition coefficient (Wildman–Crippen LogP) is 0.906. The molecule has 0 bridgehead atoms. The summed E-state index contributed by atoms with van der Waals surface area (Å²) in [6, 6.07) is 1.32. The van der Waals surface area contributed by atoms with Crippen molar-refractivity contribution in [1.29, 1.82) is 0 Å². The van der Waals surface area contributed by atoms with E-state index in [4.69, 9.17) is 0 Å². The van der Waals surface area contributed by atoms with Gasteiger partial charge < -0.3 is 10.4 Å². The van der Waals surface area contributed by atoms with Crippen molar-refractivity contribution in [1.82, 2.24) is 15.1 Å². The Bertz CT molecular complexity index is 262. The van der Waals surface area contributed by atoms with E-state index in [1.54, 1.807) is 0 Å². The van der Waals surface area contributed by atoms with E-state index in [-0.39, 0.29) is 6.10 Å². The molecule has 2 rings (SSSR count). The van der Waals surface area contributed by atoms with Gasteiger partial charge in [-0.2, -0.15) is 0 Å². The van der Waals surface area contributed by atoms with E-state index < -0.39 is 0 Å². The highest BCUT2D eigenvalue weighted by Gasteiger charge is 2.33. The third kappa shape index (κ3) is 4.42. The third-order valence-corrected chi connectivity index (χ3v) is 4.57. The van der Waals surface area contributed by atoms with Crippen LogP contribution in [0.5, 0.6) is 0 Å². The summed E-state index contributed by atoms with van der Waals surface area (Å²) < 4.78 is 0. The lowest BCUT2D eigenvalue weighted by molar-refractivity contribution is -0.00676.